The van der Waals surface area contributed by atoms with E-state index in [9.17, 15) is 4.79 Å². The van der Waals surface area contributed by atoms with Crippen molar-refractivity contribution in [2.75, 3.05) is 57.7 Å². The molecule has 1 fully saturated rings. The molecule has 184 valence electrons. The second-order valence-electron chi connectivity index (χ2n) is 7.75. The lowest BCUT2D eigenvalue weighted by atomic mass is 10.1. The van der Waals surface area contributed by atoms with Gasteiger partial charge >= 0.3 is 6.03 Å². The first-order valence-corrected chi connectivity index (χ1v) is 11.6. The number of aromatic nitrogens is 2. The molecule has 1 aliphatic heterocycles. The Morgan fingerprint density at radius 2 is 1.49 bits per heavy atom. The van der Waals surface area contributed by atoms with E-state index >= 15 is 0 Å². The lowest BCUT2D eigenvalue weighted by Crippen LogP contribution is -2.50. The maximum Gasteiger partial charge on any atom is 0.321 e. The van der Waals surface area contributed by atoms with Crippen molar-refractivity contribution in [2.24, 2.45) is 0 Å². The molecule has 0 saturated carbocycles. The molecular weight excluding hydrogens is 493 g/mol. The molecule has 0 atom stereocenters. The number of ether oxygens (including phenoxy) is 3. The Morgan fingerprint density at radius 3 is 2.00 bits per heavy atom. The summed E-state index contributed by atoms with van der Waals surface area (Å²) in [6.45, 7) is 2.33. The third-order valence-electron chi connectivity index (χ3n) is 5.62. The summed E-state index contributed by atoms with van der Waals surface area (Å²) in [4.78, 5) is 16.5. The molecule has 35 heavy (non-hydrogen) atoms. The van der Waals surface area contributed by atoms with Crippen LogP contribution in [0.2, 0.25) is 10.0 Å². The van der Waals surface area contributed by atoms with E-state index in [-0.39, 0.29) is 6.03 Å². The molecule has 1 aromatic heterocycles. The fourth-order valence-electron chi connectivity index (χ4n) is 3.84. The van der Waals surface area contributed by atoms with Crippen LogP contribution in [0, 0.1) is 0 Å². The number of urea groups is 1. The summed E-state index contributed by atoms with van der Waals surface area (Å²) in [6.07, 6.45) is 0. The zero-order valence-corrected chi connectivity index (χ0v) is 21.1. The number of nitrogens with zero attached hydrogens (tertiary/aromatic N) is 4. The number of hydrogen-bond acceptors (Lipinski definition) is 7. The van der Waals surface area contributed by atoms with Crippen molar-refractivity contribution in [3.05, 3.63) is 52.5 Å². The Morgan fingerprint density at radius 1 is 0.857 bits per heavy atom. The Hall–Kier alpha value is -3.43. The van der Waals surface area contributed by atoms with Crippen molar-refractivity contribution < 1.29 is 19.0 Å². The molecule has 0 bridgehead atoms. The lowest BCUT2D eigenvalue weighted by Gasteiger charge is -2.35. The van der Waals surface area contributed by atoms with Gasteiger partial charge in [0.05, 0.1) is 27.0 Å². The second-order valence-corrected chi connectivity index (χ2v) is 8.63. The van der Waals surface area contributed by atoms with Crippen molar-refractivity contribution in [3.63, 3.8) is 0 Å². The number of halogens is 2. The summed E-state index contributed by atoms with van der Waals surface area (Å²) in [5.41, 5.74) is 2.02. The number of amides is 2. The highest BCUT2D eigenvalue weighted by molar-refractivity contribution is 6.35. The van der Waals surface area contributed by atoms with Gasteiger partial charge in [-0.3, -0.25) is 0 Å². The van der Waals surface area contributed by atoms with E-state index in [2.05, 4.69) is 20.4 Å². The number of methoxy groups -OCH3 is 3. The minimum Gasteiger partial charge on any atom is -0.493 e. The Bertz CT molecular complexity index is 1160. The second kappa shape index (κ2) is 10.9. The Labute approximate surface area is 213 Å². The molecule has 0 aliphatic carbocycles. The SMILES string of the molecule is COc1cc(-c2ccc(N3CCN(C(=O)Nc4cc(Cl)cc(Cl)c4)CC3)nn2)cc(OC)c1OC. The summed E-state index contributed by atoms with van der Waals surface area (Å²) in [7, 11) is 4.70. The zero-order chi connectivity index (χ0) is 24.9. The van der Waals surface area contributed by atoms with Crippen LogP contribution < -0.4 is 24.4 Å². The van der Waals surface area contributed by atoms with Crippen LogP contribution in [0.15, 0.2) is 42.5 Å². The van der Waals surface area contributed by atoms with Gasteiger partial charge in [0.25, 0.3) is 0 Å². The van der Waals surface area contributed by atoms with Crippen molar-refractivity contribution in [3.8, 4) is 28.5 Å². The van der Waals surface area contributed by atoms with Gasteiger partial charge in [-0.2, -0.15) is 0 Å². The van der Waals surface area contributed by atoms with E-state index in [0.717, 1.165) is 11.4 Å². The summed E-state index contributed by atoms with van der Waals surface area (Å²) < 4.78 is 16.2. The number of carbonyl (C=O) groups excluding carboxylic acids is 1. The quantitative estimate of drug-likeness (QED) is 0.500. The average Bonchev–Trinajstić information content (AvgIpc) is 2.87. The van der Waals surface area contributed by atoms with Crippen LogP contribution in [0.4, 0.5) is 16.3 Å². The van der Waals surface area contributed by atoms with Crippen LogP contribution in [0.25, 0.3) is 11.3 Å². The van der Waals surface area contributed by atoms with Crippen LogP contribution in [-0.2, 0) is 0 Å². The first-order chi connectivity index (χ1) is 16.9. The first-order valence-electron chi connectivity index (χ1n) is 10.8. The molecule has 3 aromatic rings. The van der Waals surface area contributed by atoms with E-state index < -0.39 is 0 Å². The van der Waals surface area contributed by atoms with Gasteiger partial charge in [-0.25, -0.2) is 4.79 Å². The molecule has 1 saturated heterocycles. The minimum absolute atomic E-state index is 0.202. The number of anilines is 2. The number of benzene rings is 2. The maximum absolute atomic E-state index is 12.6. The largest absolute Gasteiger partial charge is 0.493 e. The predicted octanol–water partition coefficient (Wildman–Crippen LogP) is 4.83. The molecule has 9 nitrogen and oxygen atoms in total. The fourth-order valence-corrected chi connectivity index (χ4v) is 4.37. The van der Waals surface area contributed by atoms with Crippen LogP contribution in [-0.4, -0.2) is 68.6 Å². The summed E-state index contributed by atoms with van der Waals surface area (Å²) >= 11 is 12.0. The van der Waals surface area contributed by atoms with E-state index in [1.165, 1.54) is 0 Å². The number of carbonyl (C=O) groups is 1. The molecular formula is C24H25Cl2N5O4. The lowest BCUT2D eigenvalue weighted by molar-refractivity contribution is 0.208. The van der Waals surface area contributed by atoms with Gasteiger partial charge in [-0.05, 0) is 42.5 Å². The molecule has 1 aliphatic rings. The highest BCUT2D eigenvalue weighted by Crippen LogP contribution is 2.40. The highest BCUT2D eigenvalue weighted by atomic mass is 35.5. The van der Waals surface area contributed by atoms with E-state index in [0.29, 0.717) is 64.9 Å². The molecule has 1 N–H and O–H groups in total. The van der Waals surface area contributed by atoms with Crippen LogP contribution in [0.3, 0.4) is 0 Å². The number of rotatable bonds is 6. The number of nitrogens with one attached hydrogen (secondary N) is 1. The standard InChI is InChI=1S/C24H25Cl2N5O4/c1-33-20-10-15(11-21(34-2)23(20)35-3)19-4-5-22(29-28-19)30-6-8-31(9-7-30)24(32)27-18-13-16(25)12-17(26)14-18/h4-5,10-14H,6-9H2,1-3H3,(H,27,32). The maximum atomic E-state index is 12.6. The van der Waals surface area contributed by atoms with Gasteiger partial charge in [0, 0.05) is 47.5 Å². The van der Waals surface area contributed by atoms with Crippen molar-refractivity contribution in [1.29, 1.82) is 0 Å². The molecule has 4 rings (SSSR count). The van der Waals surface area contributed by atoms with E-state index in [1.54, 1.807) is 44.4 Å². The smallest absolute Gasteiger partial charge is 0.321 e. The van der Waals surface area contributed by atoms with Crippen molar-refractivity contribution in [2.45, 2.75) is 0 Å². The zero-order valence-electron chi connectivity index (χ0n) is 19.5. The Kier molecular flexibility index (Phi) is 7.67. The topological polar surface area (TPSA) is 89.1 Å². The Balaban J connectivity index is 1.40. The van der Waals surface area contributed by atoms with Crippen molar-refractivity contribution in [1.82, 2.24) is 15.1 Å². The van der Waals surface area contributed by atoms with Gasteiger partial charge in [0.15, 0.2) is 17.3 Å². The molecule has 0 radical (unpaired) electrons. The van der Waals surface area contributed by atoms with E-state index in [1.807, 2.05) is 24.3 Å². The van der Waals surface area contributed by atoms with E-state index in [4.69, 9.17) is 37.4 Å². The van der Waals surface area contributed by atoms with Crippen LogP contribution in [0.5, 0.6) is 17.2 Å². The first kappa shape index (κ1) is 24.7. The van der Waals surface area contributed by atoms with Crippen molar-refractivity contribution >= 4 is 40.7 Å². The highest BCUT2D eigenvalue weighted by Gasteiger charge is 2.23. The molecule has 2 heterocycles. The number of piperazine rings is 1. The summed E-state index contributed by atoms with van der Waals surface area (Å²) in [5, 5.41) is 12.6. The fraction of sp³-hybridized carbons (Fsp3) is 0.292. The predicted molar refractivity (Wildman–Crippen MR) is 136 cm³/mol. The third-order valence-corrected chi connectivity index (χ3v) is 6.05. The molecule has 0 unspecified atom stereocenters. The van der Waals surface area contributed by atoms with Gasteiger partial charge in [0.2, 0.25) is 5.75 Å². The average molecular weight is 518 g/mol. The molecule has 2 amide bonds. The summed E-state index contributed by atoms with van der Waals surface area (Å²) in [5.74, 6) is 2.34. The number of hydrogen-bond donors (Lipinski definition) is 1. The monoisotopic (exact) mass is 517 g/mol. The van der Waals surface area contributed by atoms with Gasteiger partial charge in [-0.15, -0.1) is 10.2 Å². The van der Waals surface area contributed by atoms with Gasteiger partial charge < -0.3 is 29.3 Å². The van der Waals surface area contributed by atoms with Gasteiger partial charge in [0.1, 0.15) is 0 Å². The minimum atomic E-state index is -0.202. The molecule has 0 spiro atoms. The third kappa shape index (κ3) is 5.63. The van der Waals surface area contributed by atoms with Gasteiger partial charge in [-0.1, -0.05) is 23.2 Å². The normalized spacial score (nSPS) is 13.4. The van der Waals surface area contributed by atoms with Crippen LogP contribution >= 0.6 is 23.2 Å². The van der Waals surface area contributed by atoms with Crippen LogP contribution in [0.1, 0.15) is 0 Å². The summed E-state index contributed by atoms with van der Waals surface area (Å²) in [6, 6.07) is 12.2. The molecule has 11 heteroatoms. The molecule has 2 aromatic carbocycles.